The highest BCUT2D eigenvalue weighted by atomic mass is 16.3. The zero-order chi connectivity index (χ0) is 8.55. The van der Waals surface area contributed by atoms with Gasteiger partial charge in [-0.05, 0) is 31.1 Å². The Kier molecular flexibility index (Phi) is 2.37. The van der Waals surface area contributed by atoms with Crippen molar-refractivity contribution in [2.75, 3.05) is 19.6 Å². The molecule has 0 spiro atoms. The molecule has 1 heterocycles. The molecular weight excluding hydrogens is 150 g/mol. The van der Waals surface area contributed by atoms with Crippen LogP contribution in [0.4, 0.5) is 0 Å². The molecule has 0 aromatic heterocycles. The van der Waals surface area contributed by atoms with Crippen LogP contribution in [0.1, 0.15) is 26.2 Å². The second kappa shape index (κ2) is 3.35. The number of β-amino-alcohol motifs (C(OH)–C–C–N with tert-alkyl or cyclic N) is 1. The second-order valence-electron chi connectivity index (χ2n) is 4.66. The van der Waals surface area contributed by atoms with Gasteiger partial charge in [-0.1, -0.05) is 6.92 Å². The summed E-state index contributed by atoms with van der Waals surface area (Å²) in [5, 5.41) is 9.54. The minimum Gasteiger partial charge on any atom is -0.392 e. The molecule has 1 saturated heterocycles. The lowest BCUT2D eigenvalue weighted by atomic mass is 9.98. The van der Waals surface area contributed by atoms with E-state index in [4.69, 9.17) is 0 Å². The lowest BCUT2D eigenvalue weighted by Crippen LogP contribution is -2.43. The molecule has 0 aromatic rings. The van der Waals surface area contributed by atoms with Crippen LogP contribution in [0, 0.1) is 11.8 Å². The predicted molar refractivity (Wildman–Crippen MR) is 49.0 cm³/mol. The Morgan fingerprint density at radius 2 is 2.08 bits per heavy atom. The molecule has 2 heteroatoms. The van der Waals surface area contributed by atoms with Crippen LogP contribution in [0.15, 0.2) is 0 Å². The summed E-state index contributed by atoms with van der Waals surface area (Å²) in [5.74, 6) is 1.65. The first kappa shape index (κ1) is 8.52. The van der Waals surface area contributed by atoms with Crippen molar-refractivity contribution in [2.24, 2.45) is 11.8 Å². The van der Waals surface area contributed by atoms with E-state index in [1.807, 2.05) is 0 Å². The second-order valence-corrected chi connectivity index (χ2v) is 4.66. The zero-order valence-electron chi connectivity index (χ0n) is 7.87. The molecule has 1 N–H and O–H groups in total. The first-order valence-electron chi connectivity index (χ1n) is 5.14. The molecule has 2 fully saturated rings. The number of hydrogen-bond donors (Lipinski definition) is 1. The average Bonchev–Trinajstić information content (AvgIpc) is 2.68. The van der Waals surface area contributed by atoms with Gasteiger partial charge in [-0.2, -0.15) is 0 Å². The van der Waals surface area contributed by atoms with Crippen LogP contribution in [0.2, 0.25) is 0 Å². The molecule has 2 rings (SSSR count). The highest BCUT2D eigenvalue weighted by Gasteiger charge is 2.28. The standard InChI is InChI=1S/C10H19NO/c1-8-4-10(12)7-11(5-8)6-9-2-3-9/h8-10,12H,2-7H2,1H3/t8-,10+/m1/s1. The largest absolute Gasteiger partial charge is 0.392 e. The maximum absolute atomic E-state index is 9.54. The summed E-state index contributed by atoms with van der Waals surface area (Å²) in [4.78, 5) is 2.44. The molecule has 0 unspecified atom stereocenters. The van der Waals surface area contributed by atoms with E-state index in [9.17, 15) is 5.11 Å². The smallest absolute Gasteiger partial charge is 0.0670 e. The quantitative estimate of drug-likeness (QED) is 0.669. The van der Waals surface area contributed by atoms with Crippen molar-refractivity contribution in [3.63, 3.8) is 0 Å². The maximum Gasteiger partial charge on any atom is 0.0670 e. The van der Waals surface area contributed by atoms with Gasteiger partial charge < -0.3 is 10.0 Å². The normalized spacial score (nSPS) is 38.5. The van der Waals surface area contributed by atoms with E-state index in [1.54, 1.807) is 0 Å². The van der Waals surface area contributed by atoms with Crippen LogP contribution in [-0.4, -0.2) is 35.7 Å². The fourth-order valence-electron chi connectivity index (χ4n) is 2.24. The van der Waals surface area contributed by atoms with Gasteiger partial charge in [0, 0.05) is 19.6 Å². The Balaban J connectivity index is 1.79. The van der Waals surface area contributed by atoms with Gasteiger partial charge in [0.25, 0.3) is 0 Å². The van der Waals surface area contributed by atoms with Gasteiger partial charge in [0.15, 0.2) is 0 Å². The monoisotopic (exact) mass is 169 g/mol. The van der Waals surface area contributed by atoms with Gasteiger partial charge in [0.2, 0.25) is 0 Å². The fourth-order valence-corrected chi connectivity index (χ4v) is 2.24. The van der Waals surface area contributed by atoms with Gasteiger partial charge in [0.1, 0.15) is 0 Å². The number of nitrogens with zero attached hydrogens (tertiary/aromatic N) is 1. The third-order valence-corrected chi connectivity index (χ3v) is 2.93. The highest BCUT2D eigenvalue weighted by molar-refractivity contribution is 4.82. The molecule has 1 saturated carbocycles. The van der Waals surface area contributed by atoms with Crippen LogP contribution < -0.4 is 0 Å². The van der Waals surface area contributed by atoms with Crippen molar-refractivity contribution in [1.29, 1.82) is 0 Å². The van der Waals surface area contributed by atoms with Crippen LogP contribution in [0.3, 0.4) is 0 Å². The van der Waals surface area contributed by atoms with Crippen molar-refractivity contribution in [1.82, 2.24) is 4.90 Å². The minimum atomic E-state index is -0.0625. The minimum absolute atomic E-state index is 0.0625. The topological polar surface area (TPSA) is 23.5 Å². The van der Waals surface area contributed by atoms with Crippen molar-refractivity contribution in [3.8, 4) is 0 Å². The molecule has 12 heavy (non-hydrogen) atoms. The molecule has 0 aromatic carbocycles. The van der Waals surface area contributed by atoms with Crippen LogP contribution in [-0.2, 0) is 0 Å². The van der Waals surface area contributed by atoms with E-state index in [2.05, 4.69) is 11.8 Å². The highest BCUT2D eigenvalue weighted by Crippen LogP contribution is 2.31. The summed E-state index contributed by atoms with van der Waals surface area (Å²) in [5.41, 5.74) is 0. The van der Waals surface area contributed by atoms with Gasteiger partial charge in [-0.15, -0.1) is 0 Å². The van der Waals surface area contributed by atoms with E-state index in [0.717, 1.165) is 18.9 Å². The Morgan fingerprint density at radius 3 is 2.67 bits per heavy atom. The van der Waals surface area contributed by atoms with Gasteiger partial charge in [-0.25, -0.2) is 0 Å². The van der Waals surface area contributed by atoms with Crippen molar-refractivity contribution in [3.05, 3.63) is 0 Å². The van der Waals surface area contributed by atoms with Gasteiger partial charge >= 0.3 is 0 Å². The maximum atomic E-state index is 9.54. The van der Waals surface area contributed by atoms with Crippen molar-refractivity contribution >= 4 is 0 Å². The van der Waals surface area contributed by atoms with Gasteiger partial charge in [-0.3, -0.25) is 0 Å². The lowest BCUT2D eigenvalue weighted by Gasteiger charge is -2.34. The SMILES string of the molecule is C[C@@H]1C[C@H](O)CN(CC2CC2)C1. The number of piperidine rings is 1. The Hall–Kier alpha value is -0.0800. The third-order valence-electron chi connectivity index (χ3n) is 2.93. The first-order valence-corrected chi connectivity index (χ1v) is 5.14. The van der Waals surface area contributed by atoms with Gasteiger partial charge in [0.05, 0.1) is 6.10 Å². The zero-order valence-corrected chi connectivity index (χ0v) is 7.87. The number of aliphatic hydroxyl groups is 1. The van der Waals surface area contributed by atoms with E-state index >= 15 is 0 Å². The fraction of sp³-hybridized carbons (Fsp3) is 1.00. The third kappa shape index (κ3) is 2.20. The van der Waals surface area contributed by atoms with E-state index in [1.165, 1.54) is 25.9 Å². The summed E-state index contributed by atoms with van der Waals surface area (Å²) in [6, 6.07) is 0. The van der Waals surface area contributed by atoms with Crippen LogP contribution in [0.25, 0.3) is 0 Å². The predicted octanol–water partition coefficient (Wildman–Crippen LogP) is 1.10. The molecular formula is C10H19NO. The summed E-state index contributed by atoms with van der Waals surface area (Å²) >= 11 is 0. The number of hydrogen-bond acceptors (Lipinski definition) is 2. The molecule has 1 aliphatic carbocycles. The molecule has 2 nitrogen and oxygen atoms in total. The van der Waals surface area contributed by atoms with Crippen LogP contribution in [0.5, 0.6) is 0 Å². The van der Waals surface area contributed by atoms with E-state index in [0.29, 0.717) is 5.92 Å². The summed E-state index contributed by atoms with van der Waals surface area (Å²) in [6.45, 7) is 5.60. The number of likely N-dealkylation sites (tertiary alicyclic amines) is 1. The molecule has 1 aliphatic heterocycles. The van der Waals surface area contributed by atoms with E-state index < -0.39 is 0 Å². The van der Waals surface area contributed by atoms with Crippen molar-refractivity contribution in [2.45, 2.75) is 32.3 Å². The number of rotatable bonds is 2. The summed E-state index contributed by atoms with van der Waals surface area (Å²) in [6.07, 6.45) is 3.77. The summed E-state index contributed by atoms with van der Waals surface area (Å²) in [7, 11) is 0. The average molecular weight is 169 g/mol. The Morgan fingerprint density at radius 1 is 1.33 bits per heavy atom. The van der Waals surface area contributed by atoms with E-state index in [-0.39, 0.29) is 6.10 Å². The molecule has 0 amide bonds. The Bertz CT molecular complexity index is 143. The Labute approximate surface area is 74.6 Å². The summed E-state index contributed by atoms with van der Waals surface area (Å²) < 4.78 is 0. The first-order chi connectivity index (χ1) is 5.74. The molecule has 2 atom stereocenters. The molecule has 70 valence electrons. The number of aliphatic hydroxyl groups excluding tert-OH is 1. The van der Waals surface area contributed by atoms with Crippen LogP contribution >= 0.6 is 0 Å². The lowest BCUT2D eigenvalue weighted by molar-refractivity contribution is 0.0426. The molecule has 0 radical (unpaired) electrons. The van der Waals surface area contributed by atoms with Crippen molar-refractivity contribution < 1.29 is 5.11 Å². The molecule has 2 aliphatic rings. The molecule has 0 bridgehead atoms.